The van der Waals surface area contributed by atoms with Crippen molar-refractivity contribution < 1.29 is 19.0 Å². The zero-order chi connectivity index (χ0) is 16.8. The number of carbonyl (C=O) groups excluding carboxylic acids is 1. The molecule has 3 rings (SSSR count). The maximum absolute atomic E-state index is 12.4. The van der Waals surface area contributed by atoms with Gasteiger partial charge in [0.05, 0.1) is 19.3 Å². The van der Waals surface area contributed by atoms with Gasteiger partial charge in [0.1, 0.15) is 12.4 Å². The minimum atomic E-state index is -0.697. The molecular weight excluding hydrogens is 308 g/mol. The smallest absolute Gasteiger partial charge is 0.349 e. The molecule has 0 bridgehead atoms. The molecule has 1 N–H and O–H groups in total. The number of benzene rings is 1. The SMILES string of the molecule is COc1ccc(OC(C(=O)OCc2ccccc2)[C@H]2CCN2)cn1. The van der Waals surface area contributed by atoms with E-state index in [0.717, 1.165) is 18.5 Å². The van der Waals surface area contributed by atoms with Crippen LogP contribution in [-0.4, -0.2) is 36.8 Å². The molecule has 2 atom stereocenters. The van der Waals surface area contributed by atoms with Crippen molar-refractivity contribution in [3.8, 4) is 11.6 Å². The summed E-state index contributed by atoms with van der Waals surface area (Å²) in [5.74, 6) is 0.616. The van der Waals surface area contributed by atoms with E-state index in [1.54, 1.807) is 19.2 Å². The highest BCUT2D eigenvalue weighted by Gasteiger charge is 2.35. The zero-order valence-electron chi connectivity index (χ0n) is 13.5. The summed E-state index contributed by atoms with van der Waals surface area (Å²) in [5, 5.41) is 3.20. The largest absolute Gasteiger partial charge is 0.481 e. The van der Waals surface area contributed by atoms with Crippen LogP contribution in [-0.2, 0) is 16.1 Å². The fourth-order valence-corrected chi connectivity index (χ4v) is 2.38. The van der Waals surface area contributed by atoms with E-state index < -0.39 is 6.10 Å². The standard InChI is InChI=1S/C18H20N2O4/c1-22-16-8-7-14(11-20-16)24-17(15-9-10-19-15)18(21)23-12-13-5-3-2-4-6-13/h2-8,11,15,17,19H,9-10,12H2,1H3/t15-,17?/m1/s1. The first kappa shape index (κ1) is 16.3. The number of nitrogens with one attached hydrogen (secondary N) is 1. The second-order valence-corrected chi connectivity index (χ2v) is 5.52. The van der Waals surface area contributed by atoms with Crippen LogP contribution in [0, 0.1) is 0 Å². The zero-order valence-corrected chi connectivity index (χ0v) is 13.5. The molecule has 126 valence electrons. The molecule has 1 unspecified atom stereocenters. The topological polar surface area (TPSA) is 69.7 Å². The van der Waals surface area contributed by atoms with Crippen molar-refractivity contribution >= 4 is 5.97 Å². The first-order chi connectivity index (χ1) is 11.8. The van der Waals surface area contributed by atoms with Gasteiger partial charge in [-0.2, -0.15) is 0 Å². The number of rotatable bonds is 7. The van der Waals surface area contributed by atoms with Crippen molar-refractivity contribution in [2.24, 2.45) is 0 Å². The number of esters is 1. The maximum Gasteiger partial charge on any atom is 0.349 e. The molecule has 1 aliphatic heterocycles. The van der Waals surface area contributed by atoms with E-state index in [0.29, 0.717) is 11.6 Å². The maximum atomic E-state index is 12.4. The highest BCUT2D eigenvalue weighted by molar-refractivity contribution is 5.76. The molecule has 6 heteroatoms. The Bertz CT molecular complexity index is 656. The van der Waals surface area contributed by atoms with Gasteiger partial charge < -0.3 is 19.5 Å². The molecule has 2 heterocycles. The first-order valence-electron chi connectivity index (χ1n) is 7.87. The van der Waals surface area contributed by atoms with Crippen molar-refractivity contribution in [2.75, 3.05) is 13.7 Å². The predicted molar refractivity (Wildman–Crippen MR) is 87.9 cm³/mol. The van der Waals surface area contributed by atoms with Gasteiger partial charge in [0.2, 0.25) is 12.0 Å². The molecule has 6 nitrogen and oxygen atoms in total. The summed E-state index contributed by atoms with van der Waals surface area (Å²) in [6.45, 7) is 1.10. The third-order valence-corrected chi connectivity index (χ3v) is 3.86. The third kappa shape index (κ3) is 4.02. The molecule has 2 aromatic rings. The lowest BCUT2D eigenvalue weighted by Gasteiger charge is -2.33. The molecule has 1 saturated heterocycles. The molecule has 0 amide bonds. The first-order valence-corrected chi connectivity index (χ1v) is 7.87. The van der Waals surface area contributed by atoms with Gasteiger partial charge in [0.25, 0.3) is 0 Å². The Morgan fingerprint density at radius 1 is 1.29 bits per heavy atom. The molecule has 0 spiro atoms. The van der Waals surface area contributed by atoms with Crippen LogP contribution in [0.5, 0.6) is 11.6 Å². The van der Waals surface area contributed by atoms with Gasteiger partial charge >= 0.3 is 5.97 Å². The fourth-order valence-electron chi connectivity index (χ4n) is 2.38. The monoisotopic (exact) mass is 328 g/mol. The molecule has 0 aliphatic carbocycles. The average Bonchev–Trinajstić information content (AvgIpc) is 2.59. The molecule has 1 aromatic heterocycles. The molecule has 1 aromatic carbocycles. The van der Waals surface area contributed by atoms with Gasteiger partial charge in [-0.15, -0.1) is 0 Å². The van der Waals surface area contributed by atoms with Crippen molar-refractivity contribution in [2.45, 2.75) is 25.2 Å². The van der Waals surface area contributed by atoms with Crippen LogP contribution < -0.4 is 14.8 Å². The summed E-state index contributed by atoms with van der Waals surface area (Å²) in [4.78, 5) is 16.5. The summed E-state index contributed by atoms with van der Waals surface area (Å²) in [6.07, 6.45) is 1.71. The number of carbonyl (C=O) groups is 1. The summed E-state index contributed by atoms with van der Waals surface area (Å²) in [5.41, 5.74) is 0.942. The molecule has 24 heavy (non-hydrogen) atoms. The Morgan fingerprint density at radius 2 is 2.08 bits per heavy atom. The summed E-state index contributed by atoms with van der Waals surface area (Å²) in [6, 6.07) is 12.9. The molecular formula is C18H20N2O4. The normalized spacial score (nSPS) is 17.5. The number of ether oxygens (including phenoxy) is 3. The van der Waals surface area contributed by atoms with Gasteiger partial charge in [-0.1, -0.05) is 30.3 Å². The number of methoxy groups -OCH3 is 1. The predicted octanol–water partition coefficient (Wildman–Crippen LogP) is 1.94. The lowest BCUT2D eigenvalue weighted by molar-refractivity contribution is -0.155. The summed E-state index contributed by atoms with van der Waals surface area (Å²) in [7, 11) is 1.55. The minimum absolute atomic E-state index is 0.0459. The fraction of sp³-hybridized carbons (Fsp3) is 0.333. The van der Waals surface area contributed by atoms with E-state index in [1.165, 1.54) is 6.20 Å². The Morgan fingerprint density at radius 3 is 2.67 bits per heavy atom. The summed E-state index contributed by atoms with van der Waals surface area (Å²) >= 11 is 0. The van der Waals surface area contributed by atoms with Crippen LogP contribution in [0.4, 0.5) is 0 Å². The van der Waals surface area contributed by atoms with Crippen molar-refractivity contribution in [3.05, 3.63) is 54.2 Å². The van der Waals surface area contributed by atoms with Crippen LogP contribution in [0.15, 0.2) is 48.7 Å². The van der Waals surface area contributed by atoms with E-state index in [4.69, 9.17) is 14.2 Å². The quantitative estimate of drug-likeness (QED) is 0.784. The van der Waals surface area contributed by atoms with E-state index in [2.05, 4.69) is 10.3 Å². The van der Waals surface area contributed by atoms with Crippen LogP contribution >= 0.6 is 0 Å². The van der Waals surface area contributed by atoms with Crippen molar-refractivity contribution in [1.29, 1.82) is 0 Å². The van der Waals surface area contributed by atoms with Gasteiger partial charge in [-0.25, -0.2) is 9.78 Å². The van der Waals surface area contributed by atoms with Crippen LogP contribution in [0.1, 0.15) is 12.0 Å². The van der Waals surface area contributed by atoms with Gasteiger partial charge in [0.15, 0.2) is 0 Å². The van der Waals surface area contributed by atoms with E-state index in [1.807, 2.05) is 30.3 Å². The highest BCUT2D eigenvalue weighted by atomic mass is 16.6. The number of aromatic nitrogens is 1. The van der Waals surface area contributed by atoms with Crippen molar-refractivity contribution in [3.63, 3.8) is 0 Å². The second-order valence-electron chi connectivity index (χ2n) is 5.52. The highest BCUT2D eigenvalue weighted by Crippen LogP contribution is 2.20. The number of pyridine rings is 1. The minimum Gasteiger partial charge on any atom is -0.481 e. The molecule has 0 saturated carbocycles. The molecule has 0 radical (unpaired) electrons. The van der Waals surface area contributed by atoms with Crippen LogP contribution in [0.2, 0.25) is 0 Å². The van der Waals surface area contributed by atoms with Gasteiger partial charge in [-0.3, -0.25) is 0 Å². The summed E-state index contributed by atoms with van der Waals surface area (Å²) < 4.78 is 16.2. The average molecular weight is 328 g/mol. The number of hydrogen-bond acceptors (Lipinski definition) is 6. The lowest BCUT2D eigenvalue weighted by atomic mass is 10.0. The van der Waals surface area contributed by atoms with Gasteiger partial charge in [-0.05, 0) is 24.6 Å². The Kier molecular flexibility index (Phi) is 5.28. The second kappa shape index (κ2) is 7.79. The third-order valence-electron chi connectivity index (χ3n) is 3.86. The van der Waals surface area contributed by atoms with E-state index >= 15 is 0 Å². The van der Waals surface area contributed by atoms with Crippen LogP contribution in [0.25, 0.3) is 0 Å². The Hall–Kier alpha value is -2.60. The van der Waals surface area contributed by atoms with Crippen LogP contribution in [0.3, 0.4) is 0 Å². The van der Waals surface area contributed by atoms with E-state index in [9.17, 15) is 4.79 Å². The molecule has 1 fully saturated rings. The van der Waals surface area contributed by atoms with Gasteiger partial charge in [0, 0.05) is 6.07 Å². The number of hydrogen-bond donors (Lipinski definition) is 1. The molecule has 1 aliphatic rings. The number of nitrogens with zero attached hydrogens (tertiary/aromatic N) is 1. The van der Waals surface area contributed by atoms with Crippen molar-refractivity contribution in [1.82, 2.24) is 10.3 Å². The Labute approximate surface area is 140 Å². The lowest BCUT2D eigenvalue weighted by Crippen LogP contribution is -2.56. The Balaban J connectivity index is 1.63. The van der Waals surface area contributed by atoms with E-state index in [-0.39, 0.29) is 18.6 Å².